The summed E-state index contributed by atoms with van der Waals surface area (Å²) in [6.45, 7) is 4.04. The Bertz CT molecular complexity index is 897. The van der Waals surface area contributed by atoms with Crippen molar-refractivity contribution in [3.63, 3.8) is 0 Å². The maximum atomic E-state index is 12.6. The number of morpholine rings is 1. The van der Waals surface area contributed by atoms with Crippen molar-refractivity contribution < 1.29 is 19.1 Å². The van der Waals surface area contributed by atoms with Crippen molar-refractivity contribution >= 4 is 34.8 Å². The van der Waals surface area contributed by atoms with Crippen molar-refractivity contribution in [2.45, 2.75) is 6.92 Å². The Kier molecular flexibility index (Phi) is 7.15. The third-order valence-corrected chi connectivity index (χ3v) is 4.48. The number of anilines is 1. The van der Waals surface area contributed by atoms with E-state index in [-0.39, 0.29) is 23.5 Å². The number of nitrogens with zero attached hydrogens (tertiary/aromatic N) is 1. The first-order chi connectivity index (χ1) is 14.0. The van der Waals surface area contributed by atoms with Crippen LogP contribution < -0.4 is 15.4 Å². The summed E-state index contributed by atoms with van der Waals surface area (Å²) in [5.41, 5.74) is 2.22. The molecule has 1 saturated heterocycles. The maximum Gasteiger partial charge on any atom is 0.264 e. The Balaban J connectivity index is 1.51. The van der Waals surface area contributed by atoms with Gasteiger partial charge in [0, 0.05) is 24.3 Å². The van der Waals surface area contributed by atoms with Crippen LogP contribution in [0.25, 0.3) is 0 Å². The lowest BCUT2D eigenvalue weighted by atomic mass is 10.1. The smallest absolute Gasteiger partial charge is 0.264 e. The molecule has 2 N–H and O–H groups in total. The molecule has 0 bridgehead atoms. The highest BCUT2D eigenvalue weighted by Crippen LogP contribution is 2.14. The minimum Gasteiger partial charge on any atom is -0.484 e. The molecule has 1 aliphatic heterocycles. The zero-order chi connectivity index (χ0) is 20.6. The molecular formula is C21H23N3O4S. The second-order valence-electron chi connectivity index (χ2n) is 6.59. The van der Waals surface area contributed by atoms with Gasteiger partial charge >= 0.3 is 0 Å². The fourth-order valence-electron chi connectivity index (χ4n) is 2.86. The SMILES string of the molecule is Cc1cccc(OCC(=O)NC(=S)Nc2cccc(C(=O)N3CCOCC3)c2)c1. The van der Waals surface area contributed by atoms with Crippen molar-refractivity contribution in [2.75, 3.05) is 38.2 Å². The molecule has 0 atom stereocenters. The molecule has 0 radical (unpaired) electrons. The lowest BCUT2D eigenvalue weighted by Gasteiger charge is -2.27. The van der Waals surface area contributed by atoms with Gasteiger partial charge < -0.3 is 19.7 Å². The molecule has 2 aromatic rings. The van der Waals surface area contributed by atoms with Crippen LogP contribution in [-0.2, 0) is 9.53 Å². The van der Waals surface area contributed by atoms with E-state index in [1.54, 1.807) is 35.2 Å². The molecule has 1 aliphatic rings. The minimum absolute atomic E-state index is 0.0570. The number of carbonyl (C=O) groups excluding carboxylic acids is 2. The maximum absolute atomic E-state index is 12.6. The normalized spacial score (nSPS) is 13.5. The molecule has 7 nitrogen and oxygen atoms in total. The van der Waals surface area contributed by atoms with Gasteiger partial charge in [0.05, 0.1) is 13.2 Å². The molecule has 2 amide bonds. The third kappa shape index (κ3) is 6.27. The lowest BCUT2D eigenvalue weighted by Crippen LogP contribution is -2.40. The van der Waals surface area contributed by atoms with E-state index in [4.69, 9.17) is 21.7 Å². The molecule has 1 fully saturated rings. The predicted molar refractivity (Wildman–Crippen MR) is 114 cm³/mol. The summed E-state index contributed by atoms with van der Waals surface area (Å²) in [5, 5.41) is 5.63. The highest BCUT2D eigenvalue weighted by molar-refractivity contribution is 7.80. The molecule has 3 rings (SSSR count). The molecule has 0 aromatic heterocycles. The Morgan fingerprint density at radius 3 is 2.66 bits per heavy atom. The Morgan fingerprint density at radius 1 is 1.14 bits per heavy atom. The van der Waals surface area contributed by atoms with Gasteiger partial charge in [-0.25, -0.2) is 0 Å². The number of benzene rings is 2. The van der Waals surface area contributed by atoms with E-state index >= 15 is 0 Å². The summed E-state index contributed by atoms with van der Waals surface area (Å²) in [5.74, 6) is 0.191. The zero-order valence-electron chi connectivity index (χ0n) is 16.1. The van der Waals surface area contributed by atoms with E-state index in [1.807, 2.05) is 25.1 Å². The molecule has 0 aliphatic carbocycles. The number of aryl methyl sites for hydroxylation is 1. The molecule has 29 heavy (non-hydrogen) atoms. The van der Waals surface area contributed by atoms with Gasteiger partial charge in [-0.1, -0.05) is 18.2 Å². The van der Waals surface area contributed by atoms with E-state index in [0.717, 1.165) is 5.56 Å². The van der Waals surface area contributed by atoms with Crippen molar-refractivity contribution in [1.29, 1.82) is 0 Å². The van der Waals surface area contributed by atoms with Gasteiger partial charge in [-0.3, -0.25) is 14.9 Å². The number of rotatable bonds is 5. The lowest BCUT2D eigenvalue weighted by molar-refractivity contribution is -0.121. The number of nitrogens with one attached hydrogen (secondary N) is 2. The third-order valence-electron chi connectivity index (χ3n) is 4.28. The van der Waals surface area contributed by atoms with Crippen LogP contribution in [-0.4, -0.2) is 54.7 Å². The van der Waals surface area contributed by atoms with Gasteiger partial charge in [-0.05, 0) is 55.0 Å². The number of amides is 2. The molecule has 152 valence electrons. The summed E-state index contributed by atoms with van der Waals surface area (Å²) in [4.78, 5) is 26.4. The quantitative estimate of drug-likeness (QED) is 0.733. The highest BCUT2D eigenvalue weighted by Gasteiger charge is 2.18. The second-order valence-corrected chi connectivity index (χ2v) is 7.00. The molecule has 8 heteroatoms. The van der Waals surface area contributed by atoms with Crippen molar-refractivity contribution in [1.82, 2.24) is 10.2 Å². The van der Waals surface area contributed by atoms with Crippen LogP contribution in [0.3, 0.4) is 0 Å². The Labute approximate surface area is 175 Å². The molecule has 2 aromatic carbocycles. The predicted octanol–water partition coefficient (Wildman–Crippen LogP) is 2.36. The van der Waals surface area contributed by atoms with Gasteiger partial charge in [-0.15, -0.1) is 0 Å². The number of ether oxygens (including phenoxy) is 2. The first kappa shape index (κ1) is 20.8. The van der Waals surface area contributed by atoms with Crippen LogP contribution in [0.4, 0.5) is 5.69 Å². The number of hydrogen-bond acceptors (Lipinski definition) is 5. The van der Waals surface area contributed by atoms with E-state index in [9.17, 15) is 9.59 Å². The summed E-state index contributed by atoms with van der Waals surface area (Å²) in [6.07, 6.45) is 0. The molecule has 0 spiro atoms. The molecule has 0 unspecified atom stereocenters. The van der Waals surface area contributed by atoms with E-state index in [1.165, 1.54) is 0 Å². The standard InChI is InChI=1S/C21H23N3O4S/c1-15-4-2-7-18(12-15)28-14-19(25)23-21(29)22-17-6-3-5-16(13-17)20(26)24-8-10-27-11-9-24/h2-7,12-13H,8-11,14H2,1H3,(H2,22,23,25,29). The summed E-state index contributed by atoms with van der Waals surface area (Å²) >= 11 is 5.19. The highest BCUT2D eigenvalue weighted by atomic mass is 32.1. The number of thiocarbonyl (C=S) groups is 1. The topological polar surface area (TPSA) is 79.9 Å². The second kappa shape index (κ2) is 9.99. The number of carbonyl (C=O) groups is 2. The van der Waals surface area contributed by atoms with E-state index in [2.05, 4.69) is 10.6 Å². The first-order valence-electron chi connectivity index (χ1n) is 9.28. The van der Waals surface area contributed by atoms with Crippen molar-refractivity contribution in [3.05, 3.63) is 59.7 Å². The number of hydrogen-bond donors (Lipinski definition) is 2. The van der Waals surface area contributed by atoms with E-state index in [0.29, 0.717) is 43.3 Å². The monoisotopic (exact) mass is 413 g/mol. The van der Waals surface area contributed by atoms with Crippen LogP contribution in [0.5, 0.6) is 5.75 Å². The fraction of sp³-hybridized carbons (Fsp3) is 0.286. The van der Waals surface area contributed by atoms with E-state index < -0.39 is 0 Å². The van der Waals surface area contributed by atoms with Crippen LogP contribution in [0.1, 0.15) is 15.9 Å². The summed E-state index contributed by atoms with van der Waals surface area (Å²) < 4.78 is 10.7. The van der Waals surface area contributed by atoms with Crippen molar-refractivity contribution in [2.24, 2.45) is 0 Å². The average molecular weight is 413 g/mol. The summed E-state index contributed by atoms with van der Waals surface area (Å²) in [7, 11) is 0. The Hall–Kier alpha value is -2.97. The first-order valence-corrected chi connectivity index (χ1v) is 9.69. The van der Waals surface area contributed by atoms with Gasteiger partial charge in [-0.2, -0.15) is 0 Å². The largest absolute Gasteiger partial charge is 0.484 e. The molecule has 1 heterocycles. The summed E-state index contributed by atoms with van der Waals surface area (Å²) in [6, 6.07) is 14.4. The van der Waals surface area contributed by atoms with Gasteiger partial charge in [0.15, 0.2) is 11.7 Å². The Morgan fingerprint density at radius 2 is 1.90 bits per heavy atom. The van der Waals surface area contributed by atoms with Crippen molar-refractivity contribution in [3.8, 4) is 5.75 Å². The van der Waals surface area contributed by atoms with Gasteiger partial charge in [0.1, 0.15) is 5.75 Å². The molecular weight excluding hydrogens is 390 g/mol. The van der Waals surface area contributed by atoms with Crippen LogP contribution in [0.2, 0.25) is 0 Å². The average Bonchev–Trinajstić information content (AvgIpc) is 2.72. The minimum atomic E-state index is -0.371. The van der Waals surface area contributed by atoms with Gasteiger partial charge in [0.2, 0.25) is 0 Å². The van der Waals surface area contributed by atoms with Crippen LogP contribution in [0.15, 0.2) is 48.5 Å². The zero-order valence-corrected chi connectivity index (χ0v) is 17.0. The molecule has 0 saturated carbocycles. The van der Waals surface area contributed by atoms with Gasteiger partial charge in [0.25, 0.3) is 11.8 Å². The van der Waals surface area contributed by atoms with Crippen LogP contribution in [0, 0.1) is 6.92 Å². The fourth-order valence-corrected chi connectivity index (χ4v) is 3.09. The van der Waals surface area contributed by atoms with Crippen LogP contribution >= 0.6 is 12.2 Å².